The largest absolute Gasteiger partial charge is 0.489 e. The Morgan fingerprint density at radius 1 is 1.17 bits per heavy atom. The molecule has 0 atom stereocenters. The van der Waals surface area contributed by atoms with Gasteiger partial charge in [0.05, 0.1) is 0 Å². The smallest absolute Gasteiger partial charge is 0.287 e. The van der Waals surface area contributed by atoms with Crippen LogP contribution in [0.5, 0.6) is 5.75 Å². The van der Waals surface area contributed by atoms with Crippen molar-refractivity contribution in [3.05, 3.63) is 71.5 Å². The lowest BCUT2D eigenvalue weighted by molar-refractivity contribution is 0.0965. The third-order valence-electron chi connectivity index (χ3n) is 3.49. The first-order valence-corrected chi connectivity index (χ1v) is 7.18. The molecule has 1 heterocycles. The number of benzene rings is 2. The first kappa shape index (κ1) is 14.8. The predicted molar refractivity (Wildman–Crippen MR) is 86.0 cm³/mol. The van der Waals surface area contributed by atoms with Crippen molar-refractivity contribution in [2.75, 3.05) is 0 Å². The summed E-state index contributed by atoms with van der Waals surface area (Å²) in [5, 5.41) is 3.84. The van der Waals surface area contributed by atoms with Crippen LogP contribution in [0, 0.1) is 6.92 Å². The maximum Gasteiger partial charge on any atom is 0.287 e. The average molecular weight is 308 g/mol. The van der Waals surface area contributed by atoms with Gasteiger partial charge in [0.1, 0.15) is 18.1 Å². The van der Waals surface area contributed by atoms with Gasteiger partial charge in [-0.25, -0.2) is 0 Å². The fourth-order valence-electron chi connectivity index (χ4n) is 2.18. The van der Waals surface area contributed by atoms with E-state index in [1.807, 2.05) is 55.5 Å². The molecule has 0 saturated carbocycles. The molecular weight excluding hydrogens is 292 g/mol. The zero-order valence-corrected chi connectivity index (χ0v) is 12.7. The number of aromatic nitrogens is 1. The minimum atomic E-state index is -0.632. The Labute approximate surface area is 133 Å². The SMILES string of the molecule is Cc1ccccc1OCc1ccc(-c2cc(C(N)=O)on2)cc1. The van der Waals surface area contributed by atoms with Gasteiger partial charge < -0.3 is 15.0 Å². The fourth-order valence-corrected chi connectivity index (χ4v) is 2.18. The number of amides is 1. The first-order chi connectivity index (χ1) is 11.1. The Hall–Kier alpha value is -3.08. The zero-order valence-electron chi connectivity index (χ0n) is 12.7. The van der Waals surface area contributed by atoms with E-state index < -0.39 is 5.91 Å². The molecule has 3 aromatic rings. The van der Waals surface area contributed by atoms with E-state index in [0.29, 0.717) is 12.3 Å². The summed E-state index contributed by atoms with van der Waals surface area (Å²) < 4.78 is 10.7. The van der Waals surface area contributed by atoms with E-state index in [-0.39, 0.29) is 5.76 Å². The van der Waals surface area contributed by atoms with Gasteiger partial charge in [-0.1, -0.05) is 47.6 Å². The zero-order chi connectivity index (χ0) is 16.2. The van der Waals surface area contributed by atoms with Crippen LogP contribution in [0.25, 0.3) is 11.3 Å². The molecule has 0 bridgehead atoms. The summed E-state index contributed by atoms with van der Waals surface area (Å²) in [5.41, 5.74) is 8.71. The highest BCUT2D eigenvalue weighted by Gasteiger charge is 2.10. The lowest BCUT2D eigenvalue weighted by Gasteiger charge is -2.09. The molecule has 1 amide bonds. The van der Waals surface area contributed by atoms with Gasteiger partial charge >= 0.3 is 0 Å². The van der Waals surface area contributed by atoms with E-state index in [9.17, 15) is 4.79 Å². The van der Waals surface area contributed by atoms with Gasteiger partial charge in [-0.3, -0.25) is 4.79 Å². The van der Waals surface area contributed by atoms with Crippen molar-refractivity contribution in [3.63, 3.8) is 0 Å². The predicted octanol–water partition coefficient (Wildman–Crippen LogP) is 3.33. The normalized spacial score (nSPS) is 10.5. The number of hydrogen-bond acceptors (Lipinski definition) is 4. The molecule has 0 spiro atoms. The second-order valence-corrected chi connectivity index (χ2v) is 5.19. The van der Waals surface area contributed by atoms with Crippen molar-refractivity contribution in [3.8, 4) is 17.0 Å². The summed E-state index contributed by atoms with van der Waals surface area (Å²) in [6.45, 7) is 2.50. The molecule has 5 heteroatoms. The Bertz CT molecular complexity index is 822. The molecule has 3 rings (SSSR count). The lowest BCUT2D eigenvalue weighted by atomic mass is 10.1. The van der Waals surface area contributed by atoms with Gasteiger partial charge in [0.2, 0.25) is 5.76 Å². The van der Waals surface area contributed by atoms with Crippen LogP contribution in [0.15, 0.2) is 59.1 Å². The minimum Gasteiger partial charge on any atom is -0.489 e. The Balaban J connectivity index is 1.69. The van der Waals surface area contributed by atoms with E-state index in [2.05, 4.69) is 5.16 Å². The Kier molecular flexibility index (Phi) is 4.10. The van der Waals surface area contributed by atoms with Crippen LogP contribution in [0.2, 0.25) is 0 Å². The van der Waals surface area contributed by atoms with E-state index in [1.165, 1.54) is 6.07 Å². The Morgan fingerprint density at radius 2 is 1.91 bits per heavy atom. The Morgan fingerprint density at radius 3 is 2.57 bits per heavy atom. The number of para-hydroxylation sites is 1. The number of carbonyl (C=O) groups excluding carboxylic acids is 1. The van der Waals surface area contributed by atoms with Gasteiger partial charge in [0.15, 0.2) is 0 Å². The number of carbonyl (C=O) groups is 1. The molecule has 0 unspecified atom stereocenters. The molecule has 2 aromatic carbocycles. The molecule has 0 saturated heterocycles. The molecular formula is C18H16N2O3. The molecule has 2 N–H and O–H groups in total. The highest BCUT2D eigenvalue weighted by Crippen LogP contribution is 2.21. The number of nitrogens with two attached hydrogens (primary N) is 1. The molecule has 0 aliphatic heterocycles. The molecule has 0 aliphatic carbocycles. The second-order valence-electron chi connectivity index (χ2n) is 5.19. The van der Waals surface area contributed by atoms with Gasteiger partial charge in [-0.2, -0.15) is 0 Å². The number of aryl methyl sites for hydroxylation is 1. The van der Waals surface area contributed by atoms with Crippen molar-refractivity contribution in [2.24, 2.45) is 5.73 Å². The van der Waals surface area contributed by atoms with Crippen LogP contribution >= 0.6 is 0 Å². The van der Waals surface area contributed by atoms with Crippen molar-refractivity contribution >= 4 is 5.91 Å². The summed E-state index contributed by atoms with van der Waals surface area (Å²) in [5.74, 6) is 0.290. The number of ether oxygens (including phenoxy) is 1. The van der Waals surface area contributed by atoms with Gasteiger partial charge in [0, 0.05) is 11.6 Å². The van der Waals surface area contributed by atoms with Crippen molar-refractivity contribution in [1.82, 2.24) is 5.16 Å². The van der Waals surface area contributed by atoms with Crippen LogP contribution in [0.4, 0.5) is 0 Å². The summed E-state index contributed by atoms with van der Waals surface area (Å²) in [7, 11) is 0. The molecule has 1 aromatic heterocycles. The average Bonchev–Trinajstić information content (AvgIpc) is 3.05. The van der Waals surface area contributed by atoms with E-state index >= 15 is 0 Å². The highest BCUT2D eigenvalue weighted by atomic mass is 16.5. The van der Waals surface area contributed by atoms with Gasteiger partial charge in [-0.15, -0.1) is 0 Å². The maximum atomic E-state index is 11.0. The van der Waals surface area contributed by atoms with Crippen LogP contribution in [0.1, 0.15) is 21.7 Å². The van der Waals surface area contributed by atoms with E-state index in [0.717, 1.165) is 22.4 Å². The standard InChI is InChI=1S/C18H16N2O3/c1-12-4-2-3-5-16(12)22-11-13-6-8-14(9-7-13)15-10-17(18(19)21)23-20-15/h2-10H,11H2,1H3,(H2,19,21). The minimum absolute atomic E-state index is 0.0481. The maximum absolute atomic E-state index is 11.0. The third-order valence-corrected chi connectivity index (χ3v) is 3.49. The number of rotatable bonds is 5. The van der Waals surface area contributed by atoms with Crippen LogP contribution < -0.4 is 10.5 Å². The van der Waals surface area contributed by atoms with Crippen LogP contribution in [0.3, 0.4) is 0 Å². The quantitative estimate of drug-likeness (QED) is 0.784. The summed E-state index contributed by atoms with van der Waals surface area (Å²) in [4.78, 5) is 11.0. The highest BCUT2D eigenvalue weighted by molar-refractivity contribution is 5.90. The summed E-state index contributed by atoms with van der Waals surface area (Å²) in [6, 6.07) is 17.1. The van der Waals surface area contributed by atoms with Crippen molar-refractivity contribution < 1.29 is 14.1 Å². The molecule has 0 aliphatic rings. The lowest BCUT2D eigenvalue weighted by Crippen LogP contribution is -2.09. The van der Waals surface area contributed by atoms with Gasteiger partial charge in [-0.05, 0) is 24.1 Å². The van der Waals surface area contributed by atoms with Crippen molar-refractivity contribution in [1.29, 1.82) is 0 Å². The fraction of sp³-hybridized carbons (Fsp3) is 0.111. The first-order valence-electron chi connectivity index (χ1n) is 7.18. The van der Waals surface area contributed by atoms with Gasteiger partial charge in [0.25, 0.3) is 5.91 Å². The van der Waals surface area contributed by atoms with Crippen LogP contribution in [-0.2, 0) is 6.61 Å². The molecule has 0 radical (unpaired) electrons. The number of nitrogens with zero attached hydrogens (tertiary/aromatic N) is 1. The molecule has 116 valence electrons. The molecule has 0 fully saturated rings. The second kappa shape index (κ2) is 6.36. The van der Waals surface area contributed by atoms with Crippen LogP contribution in [-0.4, -0.2) is 11.1 Å². The summed E-state index contributed by atoms with van der Waals surface area (Å²) >= 11 is 0. The number of primary amides is 1. The monoisotopic (exact) mass is 308 g/mol. The number of hydrogen-bond donors (Lipinski definition) is 1. The molecule has 23 heavy (non-hydrogen) atoms. The van der Waals surface area contributed by atoms with E-state index in [1.54, 1.807) is 0 Å². The summed E-state index contributed by atoms with van der Waals surface area (Å²) in [6.07, 6.45) is 0. The third kappa shape index (κ3) is 3.40. The topological polar surface area (TPSA) is 78.4 Å². The molecule has 5 nitrogen and oxygen atoms in total. The van der Waals surface area contributed by atoms with E-state index in [4.69, 9.17) is 15.0 Å². The van der Waals surface area contributed by atoms with Crippen molar-refractivity contribution in [2.45, 2.75) is 13.5 Å².